The molecule has 5 rings (SSSR count). The number of rotatable bonds is 9. The molecule has 4 N–H and O–H groups in total. The molecule has 0 aliphatic rings. The summed E-state index contributed by atoms with van der Waals surface area (Å²) in [5.41, 5.74) is 3.48. The van der Waals surface area contributed by atoms with Crippen molar-refractivity contribution in [3.8, 4) is 0 Å². The number of aromatic amines is 1. The first-order valence-electron chi connectivity index (χ1n) is 12.7. The molecule has 0 unspecified atom stereocenters. The Morgan fingerprint density at radius 3 is 2.39 bits per heavy atom. The number of benzene rings is 4. The molecule has 4 aromatic carbocycles. The number of amides is 3. The number of anilines is 2. The van der Waals surface area contributed by atoms with Crippen molar-refractivity contribution in [1.82, 2.24) is 10.3 Å². The normalized spacial score (nSPS) is 11.2. The second-order valence-corrected chi connectivity index (χ2v) is 11.0. The second kappa shape index (κ2) is 13.2. The van der Waals surface area contributed by atoms with E-state index >= 15 is 0 Å². The molecule has 0 fully saturated rings. The van der Waals surface area contributed by atoms with Crippen LogP contribution in [0.3, 0.4) is 0 Å². The molecule has 0 spiro atoms. The quantitative estimate of drug-likeness (QED) is 0.104. The first kappa shape index (κ1) is 27.9. The second-order valence-electron chi connectivity index (χ2n) is 9.03. The molecular weight excluding hydrogens is 600 g/mol. The van der Waals surface area contributed by atoms with Crippen molar-refractivity contribution in [2.75, 3.05) is 16.4 Å². The molecular formula is C32H25BrN4O3S. The van der Waals surface area contributed by atoms with Gasteiger partial charge in [0.1, 0.15) is 5.70 Å². The Bertz CT molecular complexity index is 1730. The zero-order valence-corrected chi connectivity index (χ0v) is 24.1. The highest BCUT2D eigenvalue weighted by Crippen LogP contribution is 2.23. The monoisotopic (exact) mass is 624 g/mol. The number of halogens is 1. The Balaban J connectivity index is 1.25. The van der Waals surface area contributed by atoms with Crippen molar-refractivity contribution in [1.29, 1.82) is 0 Å². The molecule has 0 aliphatic carbocycles. The molecule has 0 atom stereocenters. The zero-order chi connectivity index (χ0) is 28.6. The molecule has 3 amide bonds. The molecule has 0 radical (unpaired) electrons. The summed E-state index contributed by atoms with van der Waals surface area (Å²) >= 11 is 4.76. The smallest absolute Gasteiger partial charge is 0.272 e. The first-order chi connectivity index (χ1) is 19.9. The van der Waals surface area contributed by atoms with Crippen LogP contribution < -0.4 is 16.0 Å². The molecule has 5 aromatic rings. The van der Waals surface area contributed by atoms with Crippen LogP contribution in [0.1, 0.15) is 15.9 Å². The largest absolute Gasteiger partial charge is 0.361 e. The summed E-state index contributed by atoms with van der Waals surface area (Å²) in [6.07, 6.45) is 3.48. The molecule has 0 bridgehead atoms. The fourth-order valence-electron chi connectivity index (χ4n) is 4.00. The summed E-state index contributed by atoms with van der Waals surface area (Å²) in [6, 6.07) is 31.0. The molecule has 0 saturated heterocycles. The Hall–Kier alpha value is -4.60. The lowest BCUT2D eigenvalue weighted by Gasteiger charge is -2.12. The van der Waals surface area contributed by atoms with Gasteiger partial charge < -0.3 is 20.9 Å². The number of carbonyl (C=O) groups is 3. The summed E-state index contributed by atoms with van der Waals surface area (Å²) in [6.45, 7) is 0. The van der Waals surface area contributed by atoms with Gasteiger partial charge in [-0.05, 0) is 77.7 Å². The third-order valence-electron chi connectivity index (χ3n) is 6.01. The van der Waals surface area contributed by atoms with Gasteiger partial charge in [-0.2, -0.15) is 0 Å². The predicted molar refractivity (Wildman–Crippen MR) is 169 cm³/mol. The van der Waals surface area contributed by atoms with E-state index in [4.69, 9.17) is 0 Å². The maximum absolute atomic E-state index is 13.3. The van der Waals surface area contributed by atoms with Crippen molar-refractivity contribution in [3.05, 3.63) is 131 Å². The fourth-order valence-corrected chi connectivity index (χ4v) is 5.02. The van der Waals surface area contributed by atoms with Gasteiger partial charge in [0, 0.05) is 38.0 Å². The molecule has 0 aliphatic heterocycles. The SMILES string of the molecule is O=C(CSc1cccc(NC(=O)/C(=C/c2ccc(Br)cc2)NC(=O)c2ccccc2)c1)Nc1ccc2cc[nH]c2c1. The minimum atomic E-state index is -0.475. The summed E-state index contributed by atoms with van der Waals surface area (Å²) in [5, 5.41) is 9.59. The molecule has 9 heteroatoms. The van der Waals surface area contributed by atoms with Crippen LogP contribution in [-0.2, 0) is 9.59 Å². The third-order valence-corrected chi connectivity index (χ3v) is 7.53. The van der Waals surface area contributed by atoms with Gasteiger partial charge in [0.25, 0.3) is 11.8 Å². The minimum Gasteiger partial charge on any atom is -0.361 e. The maximum atomic E-state index is 13.3. The van der Waals surface area contributed by atoms with Gasteiger partial charge in [0.05, 0.1) is 5.75 Å². The van der Waals surface area contributed by atoms with Gasteiger partial charge in [-0.25, -0.2) is 0 Å². The third kappa shape index (κ3) is 7.75. The maximum Gasteiger partial charge on any atom is 0.272 e. The fraction of sp³-hybridized carbons (Fsp3) is 0.0312. The number of aromatic nitrogens is 1. The van der Waals surface area contributed by atoms with Gasteiger partial charge in [0.15, 0.2) is 0 Å². The highest BCUT2D eigenvalue weighted by Gasteiger charge is 2.15. The van der Waals surface area contributed by atoms with Crippen LogP contribution in [0.2, 0.25) is 0 Å². The van der Waals surface area contributed by atoms with Gasteiger partial charge >= 0.3 is 0 Å². The number of fused-ring (bicyclic) bond motifs is 1. The van der Waals surface area contributed by atoms with E-state index in [0.717, 1.165) is 25.8 Å². The van der Waals surface area contributed by atoms with Gasteiger partial charge in [-0.1, -0.05) is 58.4 Å². The molecule has 0 saturated carbocycles. The zero-order valence-electron chi connectivity index (χ0n) is 21.7. The Morgan fingerprint density at radius 2 is 1.59 bits per heavy atom. The van der Waals surface area contributed by atoms with Gasteiger partial charge in [0.2, 0.25) is 5.91 Å². The average Bonchev–Trinajstić information content (AvgIpc) is 3.45. The van der Waals surface area contributed by atoms with Crippen LogP contribution >= 0.6 is 27.7 Å². The first-order valence-corrected chi connectivity index (χ1v) is 14.5. The van der Waals surface area contributed by atoms with Gasteiger partial charge in [-0.3, -0.25) is 14.4 Å². The standard InChI is InChI=1S/C32H25BrN4O3S/c33-24-12-9-21(10-13-24)17-29(37-31(39)23-5-2-1-3-6-23)32(40)36-25-7-4-8-27(18-25)41-20-30(38)35-26-14-11-22-15-16-34-28(22)19-26/h1-19,34H,20H2,(H,35,38)(H,36,40)(H,37,39)/b29-17-. The molecule has 1 heterocycles. The number of H-pyrrole nitrogens is 1. The molecule has 7 nitrogen and oxygen atoms in total. The van der Waals surface area contributed by atoms with Crippen LogP contribution in [0.25, 0.3) is 17.0 Å². The number of hydrogen-bond acceptors (Lipinski definition) is 4. The molecule has 204 valence electrons. The highest BCUT2D eigenvalue weighted by atomic mass is 79.9. The predicted octanol–water partition coefficient (Wildman–Crippen LogP) is 7.07. The van der Waals surface area contributed by atoms with Crippen LogP contribution in [0.15, 0.2) is 124 Å². The summed E-state index contributed by atoms with van der Waals surface area (Å²) in [5.74, 6) is -0.813. The molecule has 41 heavy (non-hydrogen) atoms. The minimum absolute atomic E-state index is 0.0950. The average molecular weight is 626 g/mol. The van der Waals surface area contributed by atoms with Crippen LogP contribution in [0.4, 0.5) is 11.4 Å². The van der Waals surface area contributed by atoms with Gasteiger partial charge in [-0.15, -0.1) is 11.8 Å². The van der Waals surface area contributed by atoms with E-state index < -0.39 is 11.8 Å². The number of nitrogens with one attached hydrogen (secondary N) is 4. The van der Waals surface area contributed by atoms with E-state index in [0.29, 0.717) is 16.9 Å². The van der Waals surface area contributed by atoms with Crippen molar-refractivity contribution < 1.29 is 14.4 Å². The van der Waals surface area contributed by atoms with Crippen LogP contribution in [0, 0.1) is 0 Å². The van der Waals surface area contributed by atoms with Crippen molar-refractivity contribution >= 4 is 73.8 Å². The van der Waals surface area contributed by atoms with Crippen LogP contribution in [-0.4, -0.2) is 28.5 Å². The van der Waals surface area contributed by atoms with Crippen molar-refractivity contribution in [2.45, 2.75) is 4.90 Å². The Labute approximate surface area is 249 Å². The van der Waals surface area contributed by atoms with Crippen LogP contribution in [0.5, 0.6) is 0 Å². The van der Waals surface area contributed by atoms with Crippen molar-refractivity contribution in [3.63, 3.8) is 0 Å². The van der Waals surface area contributed by atoms with Crippen molar-refractivity contribution in [2.24, 2.45) is 0 Å². The summed E-state index contributed by atoms with van der Waals surface area (Å²) in [4.78, 5) is 42.7. The van der Waals surface area contributed by atoms with E-state index in [1.165, 1.54) is 11.8 Å². The Kier molecular flexibility index (Phi) is 8.98. The number of thioether (sulfide) groups is 1. The van der Waals surface area contributed by atoms with E-state index in [1.807, 2.05) is 66.9 Å². The van der Waals surface area contributed by atoms with E-state index in [-0.39, 0.29) is 17.4 Å². The molecule has 1 aromatic heterocycles. The highest BCUT2D eigenvalue weighted by molar-refractivity contribution is 9.10. The Morgan fingerprint density at radius 1 is 0.805 bits per heavy atom. The number of carbonyl (C=O) groups excluding carboxylic acids is 3. The van der Waals surface area contributed by atoms with E-state index in [1.54, 1.807) is 48.5 Å². The number of hydrogen-bond donors (Lipinski definition) is 4. The lowest BCUT2D eigenvalue weighted by atomic mass is 10.1. The summed E-state index contributed by atoms with van der Waals surface area (Å²) in [7, 11) is 0. The van der Waals surface area contributed by atoms with E-state index in [9.17, 15) is 14.4 Å². The van der Waals surface area contributed by atoms with E-state index in [2.05, 4.69) is 36.9 Å². The topological polar surface area (TPSA) is 103 Å². The lowest BCUT2D eigenvalue weighted by molar-refractivity contribution is -0.114. The summed E-state index contributed by atoms with van der Waals surface area (Å²) < 4.78 is 0.901. The lowest BCUT2D eigenvalue weighted by Crippen LogP contribution is -2.30.